The Hall–Kier alpha value is -7.15. The third kappa shape index (κ3) is 9.32. The van der Waals surface area contributed by atoms with Crippen molar-refractivity contribution in [1.29, 1.82) is 0 Å². The number of ether oxygens (including phenoxy) is 4. The lowest BCUT2D eigenvalue weighted by atomic mass is 9.48. The van der Waals surface area contributed by atoms with Gasteiger partial charge in [-0.3, -0.25) is 4.79 Å². The highest BCUT2D eigenvalue weighted by Gasteiger charge is 2.60. The molecule has 6 aromatic rings. The first-order valence-corrected chi connectivity index (χ1v) is 31.6. The number of hydrogen-bond donors (Lipinski definition) is 3. The van der Waals surface area contributed by atoms with Gasteiger partial charge in [0.1, 0.15) is 16.9 Å². The minimum atomic E-state index is -1.37. The fraction of sp³-hybridized carbons (Fsp3) is 0.427. The summed E-state index contributed by atoms with van der Waals surface area (Å²) in [6.45, 7) is 2.63. The van der Waals surface area contributed by atoms with Gasteiger partial charge in [-0.15, -0.1) is 0 Å². The number of rotatable bonds is 9. The van der Waals surface area contributed by atoms with Gasteiger partial charge in [-0.2, -0.15) is 0 Å². The molecular weight excluding hydrogens is 1080 g/mol. The van der Waals surface area contributed by atoms with Gasteiger partial charge in [0.05, 0.1) is 25.4 Å². The van der Waals surface area contributed by atoms with Crippen LogP contribution in [0.15, 0.2) is 148 Å². The van der Waals surface area contributed by atoms with Crippen molar-refractivity contribution in [3.05, 3.63) is 216 Å². The minimum Gasteiger partial charge on any atom is -0.483 e. The molecule has 13 atom stereocenters. The maximum atomic E-state index is 15.9. The fourth-order valence-corrected chi connectivity index (χ4v) is 17.9. The normalized spacial score (nSPS) is 30.6. The van der Waals surface area contributed by atoms with Gasteiger partial charge < -0.3 is 38.7 Å². The lowest BCUT2D eigenvalue weighted by molar-refractivity contribution is -0.199. The van der Waals surface area contributed by atoms with E-state index in [-0.39, 0.29) is 96.7 Å². The van der Waals surface area contributed by atoms with Gasteiger partial charge in [-0.25, -0.2) is 9.59 Å². The molecule has 0 amide bonds. The lowest BCUT2D eigenvalue weighted by Gasteiger charge is -2.55. The summed E-state index contributed by atoms with van der Waals surface area (Å²) < 4.78 is 33.5. The molecule has 3 N–H and O–H groups in total. The molecule has 9 aliphatic rings. The highest BCUT2D eigenvalue weighted by atomic mass is 16.6. The molecule has 11 heteroatoms. The average Bonchev–Trinajstić information content (AvgIpc) is 0.776. The number of esters is 2. The van der Waals surface area contributed by atoms with Crippen molar-refractivity contribution in [3.63, 3.8) is 0 Å². The maximum absolute atomic E-state index is 15.9. The van der Waals surface area contributed by atoms with Crippen molar-refractivity contribution in [2.24, 2.45) is 29.6 Å². The predicted molar refractivity (Wildman–Crippen MR) is 331 cm³/mol. The molecule has 2 bridgehead atoms. The van der Waals surface area contributed by atoms with E-state index in [0.29, 0.717) is 65.4 Å². The summed E-state index contributed by atoms with van der Waals surface area (Å²) in [5.74, 6) is -0.828. The number of aliphatic hydroxyl groups excluding tert-OH is 3. The van der Waals surface area contributed by atoms with Crippen LogP contribution >= 0.6 is 0 Å². The molecule has 0 radical (unpaired) electrons. The van der Waals surface area contributed by atoms with Crippen LogP contribution in [-0.2, 0) is 48.7 Å². The Balaban J connectivity index is 0.909. The van der Waals surface area contributed by atoms with Crippen LogP contribution in [0.25, 0.3) is 23.1 Å². The Morgan fingerprint density at radius 1 is 0.756 bits per heavy atom. The van der Waals surface area contributed by atoms with Crippen LogP contribution in [0.1, 0.15) is 175 Å². The molecule has 5 aromatic carbocycles. The number of carbonyl (C=O) groups excluding carboxylic acids is 2. The van der Waals surface area contributed by atoms with E-state index >= 15 is 9.59 Å². The van der Waals surface area contributed by atoms with Crippen molar-refractivity contribution in [2.45, 2.75) is 144 Å². The second-order valence-corrected chi connectivity index (χ2v) is 26.2. The molecule has 3 aliphatic heterocycles. The van der Waals surface area contributed by atoms with Crippen LogP contribution in [0.5, 0.6) is 5.75 Å². The molecule has 0 unspecified atom stereocenters. The van der Waals surface area contributed by atoms with E-state index in [1.165, 1.54) is 53.3 Å². The summed E-state index contributed by atoms with van der Waals surface area (Å²) in [5, 5.41) is 32.6. The van der Waals surface area contributed by atoms with Crippen LogP contribution in [0.4, 0.5) is 0 Å². The second-order valence-electron chi connectivity index (χ2n) is 26.2. The molecule has 1 spiro atoms. The van der Waals surface area contributed by atoms with Crippen LogP contribution in [0.2, 0.25) is 0 Å². The zero-order chi connectivity index (χ0) is 59.0. The van der Waals surface area contributed by atoms with E-state index in [0.717, 1.165) is 36.0 Å². The van der Waals surface area contributed by atoms with E-state index in [1.54, 1.807) is 19.1 Å². The summed E-state index contributed by atoms with van der Waals surface area (Å²) >= 11 is 0. The Morgan fingerprint density at radius 2 is 1.55 bits per heavy atom. The van der Waals surface area contributed by atoms with Gasteiger partial charge in [0.15, 0.2) is 12.2 Å². The zero-order valence-corrected chi connectivity index (χ0v) is 49.6. The summed E-state index contributed by atoms with van der Waals surface area (Å²) in [6, 6.07) is 36.6. The summed E-state index contributed by atoms with van der Waals surface area (Å²) in [6.07, 6.45) is 20.1. The van der Waals surface area contributed by atoms with Crippen LogP contribution in [-0.4, -0.2) is 65.9 Å². The van der Waals surface area contributed by atoms with Crippen LogP contribution in [0.3, 0.4) is 0 Å². The molecule has 6 aliphatic carbocycles. The standard InChI is InChI=1S/C75H78O11/c1-43(40-77)55-29-20-44-18-21-46(22-19-44)56-30-26-48(58-15-9-17-64-59(58)31-28-53-13-8-12-52-27-25-47-11-5-7-16-63(47)75(52,53)64)36-51(56)38-66(79)83-70-68-65(33-32-60-62(41-78)67(73(81)84-69(60)68)50(34-35-76)42-82-3)86-74(2,71(70)85-72(55)80)54-37-49-24-23-45-10-4-6-14-57(45)61(49)39-54/h4-7,9-11,14-19,21-27,30,32-33,48-54,56,61,70-71,76-78H,8,12-13,20,28-29,31,34-42H2,1-3H3/b55-43-/t48-,49+,50-,51-,52+,53-,54+,56+,61-,70-,71+,74+,75+/m1/s1. The predicted octanol–water partition coefficient (Wildman–Crippen LogP) is 13.3. The average molecular weight is 1160 g/mol. The van der Waals surface area contributed by atoms with Gasteiger partial charge in [0.2, 0.25) is 0 Å². The van der Waals surface area contributed by atoms with Gasteiger partial charge in [-0.1, -0.05) is 134 Å². The summed E-state index contributed by atoms with van der Waals surface area (Å²) in [4.78, 5) is 46.0. The van der Waals surface area contributed by atoms with E-state index in [2.05, 4.69) is 127 Å². The quantitative estimate of drug-likeness (QED) is 0.0547. The van der Waals surface area contributed by atoms with E-state index < -0.39 is 47.9 Å². The largest absolute Gasteiger partial charge is 0.483 e. The lowest BCUT2D eigenvalue weighted by Crippen LogP contribution is -2.58. The van der Waals surface area contributed by atoms with Gasteiger partial charge in [0.25, 0.3) is 0 Å². The smallest absolute Gasteiger partial charge is 0.340 e. The monoisotopic (exact) mass is 1150 g/mol. The molecule has 4 heterocycles. The molecule has 1 aromatic heterocycles. The number of fused-ring (bicyclic) bond motifs is 16. The first-order valence-electron chi connectivity index (χ1n) is 31.6. The number of aliphatic hydroxyl groups is 3. The Morgan fingerprint density at radius 3 is 2.36 bits per heavy atom. The summed E-state index contributed by atoms with van der Waals surface area (Å²) in [5.41, 5.74) is 10.8. The van der Waals surface area contributed by atoms with Crippen LogP contribution in [0, 0.1) is 29.6 Å². The third-order valence-electron chi connectivity index (χ3n) is 22.0. The number of allylic oxidation sites excluding steroid dienone is 4. The summed E-state index contributed by atoms with van der Waals surface area (Å²) in [7, 11) is 1.52. The molecule has 2 fully saturated rings. The van der Waals surface area contributed by atoms with Gasteiger partial charge >= 0.3 is 17.6 Å². The van der Waals surface area contributed by atoms with Gasteiger partial charge in [0, 0.05) is 65.7 Å². The topological polar surface area (TPSA) is 162 Å². The molecule has 86 heavy (non-hydrogen) atoms. The van der Waals surface area contributed by atoms with E-state index in [1.807, 2.05) is 6.92 Å². The molecule has 444 valence electrons. The second kappa shape index (κ2) is 22.9. The molecule has 15 rings (SSSR count). The number of benzene rings is 5. The Labute approximate surface area is 503 Å². The zero-order valence-electron chi connectivity index (χ0n) is 49.6. The molecule has 11 nitrogen and oxygen atoms in total. The Kier molecular flexibility index (Phi) is 15.1. The maximum Gasteiger partial charge on any atom is 0.340 e. The highest BCUT2D eigenvalue weighted by Crippen LogP contribution is 2.62. The minimum absolute atomic E-state index is 0.0103. The van der Waals surface area contributed by atoms with Crippen molar-refractivity contribution in [1.82, 2.24) is 0 Å². The third-order valence-corrected chi connectivity index (χ3v) is 22.0. The van der Waals surface area contributed by atoms with Crippen molar-refractivity contribution in [2.75, 3.05) is 26.9 Å². The van der Waals surface area contributed by atoms with Crippen LogP contribution < -0.4 is 10.4 Å². The fourth-order valence-electron chi connectivity index (χ4n) is 17.9. The van der Waals surface area contributed by atoms with E-state index in [4.69, 9.17) is 23.4 Å². The first-order chi connectivity index (χ1) is 41.9. The first kappa shape index (κ1) is 56.6. The number of methoxy groups -OCH3 is 1. The van der Waals surface area contributed by atoms with E-state index in [9.17, 15) is 20.1 Å². The van der Waals surface area contributed by atoms with Crippen molar-refractivity contribution < 1.29 is 48.3 Å². The SMILES string of the molecule is COC[C@@H](CCO)c1c(CO)c2ccc3c(c2oc1=O)[C@H]1OC(=O)C[C@H]2C[C@H](c4cccc5c4CC[C@H]4CCC[C@H]6C=Cc7ccccc7[C@@]546)C=C[C@H]2c2ccc(cc2)CC/C(=C(\C)CO)C(=O)O[C@@H]1[C@](C)([C@H]1C[C@@H]2C=Cc4ccccc4[C@@H]2C1)O3. The van der Waals surface area contributed by atoms with Crippen molar-refractivity contribution >= 4 is 35.1 Å². The molecular formula is C75H78O11. The number of carbonyl (C=O) groups is 2. The highest BCUT2D eigenvalue weighted by molar-refractivity contribution is 5.90. The number of hydrogen-bond acceptors (Lipinski definition) is 11. The molecule has 0 saturated heterocycles. The number of aryl methyl sites for hydroxylation is 1. The van der Waals surface area contributed by atoms with Gasteiger partial charge in [-0.05, 0) is 181 Å². The molecule has 2 saturated carbocycles. The van der Waals surface area contributed by atoms with Crippen molar-refractivity contribution in [3.8, 4) is 5.75 Å². The Bertz CT molecular complexity index is 3820.